The summed E-state index contributed by atoms with van der Waals surface area (Å²) in [6.45, 7) is 6.23. The molecule has 0 fully saturated rings. The monoisotopic (exact) mass is 236 g/mol. The molecule has 1 aromatic rings. The first-order valence-corrected chi connectivity index (χ1v) is 5.29. The van der Waals surface area contributed by atoms with E-state index in [2.05, 4.69) is 6.58 Å². The zero-order chi connectivity index (χ0) is 12.8. The smallest absolute Gasteiger partial charge is 0.335 e. The average Bonchev–Trinajstić information content (AvgIpc) is 2.35. The molecule has 17 heavy (non-hydrogen) atoms. The van der Waals surface area contributed by atoms with Crippen LogP contribution in [0.2, 0.25) is 0 Å². The minimum atomic E-state index is -0.993. The van der Waals surface area contributed by atoms with Crippen LogP contribution in [0.4, 0.5) is 0 Å². The Hall–Kier alpha value is -1.97. The molecule has 0 aliphatic heterocycles. The molecule has 0 unspecified atom stereocenters. The molecule has 1 rings (SSSR count). The van der Waals surface area contributed by atoms with Gasteiger partial charge in [0.25, 0.3) is 0 Å². The third-order valence-corrected chi connectivity index (χ3v) is 2.34. The number of methoxy groups -OCH3 is 1. The van der Waals surface area contributed by atoms with Gasteiger partial charge in [0.15, 0.2) is 11.5 Å². The number of carboxylic acid groups (broad SMARTS) is 1. The van der Waals surface area contributed by atoms with Gasteiger partial charge in [0.05, 0.1) is 12.7 Å². The quantitative estimate of drug-likeness (QED) is 0.771. The highest BCUT2D eigenvalue weighted by Gasteiger charge is 2.09. The lowest BCUT2D eigenvalue weighted by molar-refractivity contribution is 0.0696. The molecule has 1 N–H and O–H groups in total. The third-order valence-electron chi connectivity index (χ3n) is 2.34. The maximum Gasteiger partial charge on any atom is 0.335 e. The first-order chi connectivity index (χ1) is 8.08. The second-order valence-electron chi connectivity index (χ2n) is 3.56. The van der Waals surface area contributed by atoms with Crippen LogP contribution in [0.5, 0.6) is 11.5 Å². The molecular formula is C13H16O4. The van der Waals surface area contributed by atoms with Gasteiger partial charge in [-0.15, -0.1) is 0 Å². The Kier molecular flexibility index (Phi) is 4.57. The van der Waals surface area contributed by atoms with E-state index < -0.39 is 5.97 Å². The maximum absolute atomic E-state index is 10.8. The highest BCUT2D eigenvalue weighted by Crippen LogP contribution is 2.28. The first kappa shape index (κ1) is 13.1. The van der Waals surface area contributed by atoms with E-state index in [4.69, 9.17) is 14.6 Å². The molecule has 92 valence electrons. The van der Waals surface area contributed by atoms with Crippen molar-refractivity contribution >= 4 is 5.97 Å². The maximum atomic E-state index is 10.8. The summed E-state index contributed by atoms with van der Waals surface area (Å²) < 4.78 is 10.6. The van der Waals surface area contributed by atoms with Gasteiger partial charge in [-0.3, -0.25) is 0 Å². The molecule has 0 spiro atoms. The molecule has 1 aromatic carbocycles. The fourth-order valence-corrected chi connectivity index (χ4v) is 1.20. The van der Waals surface area contributed by atoms with Crippen LogP contribution < -0.4 is 9.47 Å². The van der Waals surface area contributed by atoms with E-state index in [1.807, 2.05) is 6.92 Å². The van der Waals surface area contributed by atoms with Crippen molar-refractivity contribution in [2.75, 3.05) is 13.7 Å². The molecule has 4 heteroatoms. The fourth-order valence-electron chi connectivity index (χ4n) is 1.20. The zero-order valence-corrected chi connectivity index (χ0v) is 10.0. The molecule has 0 bridgehead atoms. The summed E-state index contributed by atoms with van der Waals surface area (Å²) in [5, 5.41) is 8.84. The van der Waals surface area contributed by atoms with Gasteiger partial charge in [-0.2, -0.15) is 0 Å². The number of benzene rings is 1. The Balaban J connectivity index is 2.85. The van der Waals surface area contributed by atoms with Crippen molar-refractivity contribution in [1.29, 1.82) is 0 Å². The van der Waals surface area contributed by atoms with Crippen LogP contribution >= 0.6 is 0 Å². The van der Waals surface area contributed by atoms with Crippen LogP contribution in [0.1, 0.15) is 23.7 Å². The van der Waals surface area contributed by atoms with Gasteiger partial charge >= 0.3 is 5.97 Å². The van der Waals surface area contributed by atoms with E-state index in [9.17, 15) is 4.79 Å². The van der Waals surface area contributed by atoms with Crippen molar-refractivity contribution < 1.29 is 19.4 Å². The molecule has 0 aliphatic rings. The highest BCUT2D eigenvalue weighted by molar-refractivity contribution is 5.88. The summed E-state index contributed by atoms with van der Waals surface area (Å²) in [5.41, 5.74) is 1.14. The van der Waals surface area contributed by atoms with Crippen molar-refractivity contribution in [2.24, 2.45) is 0 Å². The Bertz CT molecular complexity index is 423. The highest BCUT2D eigenvalue weighted by atomic mass is 16.5. The minimum absolute atomic E-state index is 0.170. The average molecular weight is 236 g/mol. The Labute approximate surface area is 100 Å². The SMILES string of the molecule is C=C(CC)COc1ccc(C(=O)O)cc1OC. The standard InChI is InChI=1S/C13H16O4/c1-4-9(2)8-17-11-6-5-10(13(14)15)7-12(11)16-3/h5-7H,2,4,8H2,1,3H3,(H,14,15). The van der Waals surface area contributed by atoms with Gasteiger partial charge in [0.1, 0.15) is 6.61 Å². The van der Waals surface area contributed by atoms with Gasteiger partial charge in [-0.25, -0.2) is 4.79 Å². The van der Waals surface area contributed by atoms with E-state index >= 15 is 0 Å². The molecular weight excluding hydrogens is 220 g/mol. The molecule has 4 nitrogen and oxygen atoms in total. The number of aromatic carboxylic acids is 1. The summed E-state index contributed by atoms with van der Waals surface area (Å²) in [6.07, 6.45) is 0.843. The Morgan fingerprint density at radius 1 is 1.41 bits per heavy atom. The van der Waals surface area contributed by atoms with Crippen LogP contribution in [-0.4, -0.2) is 24.8 Å². The lowest BCUT2D eigenvalue weighted by atomic mass is 10.2. The summed E-state index contributed by atoms with van der Waals surface area (Å²) in [6, 6.07) is 4.51. The van der Waals surface area contributed by atoms with Crippen molar-refractivity contribution in [2.45, 2.75) is 13.3 Å². The third kappa shape index (κ3) is 3.52. The Morgan fingerprint density at radius 2 is 2.12 bits per heavy atom. The predicted octanol–water partition coefficient (Wildman–Crippen LogP) is 2.74. The van der Waals surface area contributed by atoms with Crippen molar-refractivity contribution in [3.05, 3.63) is 35.9 Å². The molecule has 0 aromatic heterocycles. The van der Waals surface area contributed by atoms with Gasteiger partial charge < -0.3 is 14.6 Å². The molecule has 0 amide bonds. The number of carboxylic acids is 1. The van der Waals surface area contributed by atoms with Crippen LogP contribution in [0, 0.1) is 0 Å². The number of hydrogen-bond donors (Lipinski definition) is 1. The van der Waals surface area contributed by atoms with Crippen molar-refractivity contribution in [3.63, 3.8) is 0 Å². The van der Waals surface area contributed by atoms with Gasteiger partial charge in [-0.05, 0) is 30.2 Å². The van der Waals surface area contributed by atoms with E-state index in [0.717, 1.165) is 12.0 Å². The number of carbonyl (C=O) groups is 1. The second kappa shape index (κ2) is 5.94. The lowest BCUT2D eigenvalue weighted by Gasteiger charge is -2.11. The van der Waals surface area contributed by atoms with Crippen molar-refractivity contribution in [1.82, 2.24) is 0 Å². The normalized spacial score (nSPS) is 9.76. The van der Waals surface area contributed by atoms with E-state index in [0.29, 0.717) is 18.1 Å². The molecule has 0 saturated heterocycles. The number of rotatable bonds is 6. The molecule has 0 radical (unpaired) electrons. The van der Waals surface area contributed by atoms with E-state index in [1.165, 1.54) is 19.2 Å². The predicted molar refractivity (Wildman–Crippen MR) is 64.9 cm³/mol. The molecule has 0 saturated carbocycles. The molecule has 0 aliphatic carbocycles. The molecule has 0 atom stereocenters. The summed E-state index contributed by atoms with van der Waals surface area (Å²) >= 11 is 0. The van der Waals surface area contributed by atoms with Crippen LogP contribution in [-0.2, 0) is 0 Å². The largest absolute Gasteiger partial charge is 0.493 e. The lowest BCUT2D eigenvalue weighted by Crippen LogP contribution is -2.03. The molecule has 0 heterocycles. The minimum Gasteiger partial charge on any atom is -0.493 e. The van der Waals surface area contributed by atoms with E-state index in [-0.39, 0.29) is 5.56 Å². The Morgan fingerprint density at radius 3 is 2.65 bits per heavy atom. The van der Waals surface area contributed by atoms with E-state index in [1.54, 1.807) is 6.07 Å². The summed E-state index contributed by atoms with van der Waals surface area (Å²) in [4.78, 5) is 10.8. The number of hydrogen-bond acceptors (Lipinski definition) is 3. The fraction of sp³-hybridized carbons (Fsp3) is 0.308. The zero-order valence-electron chi connectivity index (χ0n) is 10.0. The van der Waals surface area contributed by atoms with Gasteiger partial charge in [0.2, 0.25) is 0 Å². The second-order valence-corrected chi connectivity index (χ2v) is 3.56. The van der Waals surface area contributed by atoms with Crippen LogP contribution in [0.25, 0.3) is 0 Å². The van der Waals surface area contributed by atoms with Crippen LogP contribution in [0.3, 0.4) is 0 Å². The summed E-state index contributed by atoms with van der Waals surface area (Å²) in [7, 11) is 1.47. The van der Waals surface area contributed by atoms with Crippen LogP contribution in [0.15, 0.2) is 30.4 Å². The van der Waals surface area contributed by atoms with Gasteiger partial charge in [-0.1, -0.05) is 13.5 Å². The first-order valence-electron chi connectivity index (χ1n) is 5.29. The summed E-state index contributed by atoms with van der Waals surface area (Å²) in [5.74, 6) is -0.0614. The number of ether oxygens (including phenoxy) is 2. The topological polar surface area (TPSA) is 55.8 Å². The van der Waals surface area contributed by atoms with Crippen molar-refractivity contribution in [3.8, 4) is 11.5 Å². The van der Waals surface area contributed by atoms with Gasteiger partial charge in [0, 0.05) is 0 Å².